The van der Waals surface area contributed by atoms with Crippen molar-refractivity contribution < 1.29 is 14.6 Å². The van der Waals surface area contributed by atoms with Gasteiger partial charge in [0.25, 0.3) is 0 Å². The third-order valence-electron chi connectivity index (χ3n) is 2.11. The summed E-state index contributed by atoms with van der Waals surface area (Å²) in [7, 11) is 1.58. The van der Waals surface area contributed by atoms with Crippen molar-refractivity contribution in [1.82, 2.24) is 4.98 Å². The second kappa shape index (κ2) is 3.06. The first-order valence-electron chi connectivity index (χ1n) is 4.11. The molecule has 72 valence electrons. The van der Waals surface area contributed by atoms with Gasteiger partial charge in [0.1, 0.15) is 5.75 Å². The molecule has 0 saturated heterocycles. The van der Waals surface area contributed by atoms with Crippen LogP contribution in [0.25, 0.3) is 10.9 Å². The highest BCUT2D eigenvalue weighted by Crippen LogP contribution is 2.25. The van der Waals surface area contributed by atoms with Gasteiger partial charge in [-0.05, 0) is 18.2 Å². The molecule has 0 spiro atoms. The molecule has 2 rings (SSSR count). The fraction of sp³-hybridized carbons (Fsp3) is 0.100. The second-order valence-electron chi connectivity index (χ2n) is 2.92. The van der Waals surface area contributed by atoms with Crippen molar-refractivity contribution in [2.45, 2.75) is 0 Å². The molecule has 0 atom stereocenters. The van der Waals surface area contributed by atoms with E-state index in [9.17, 15) is 4.79 Å². The highest BCUT2D eigenvalue weighted by Gasteiger charge is 2.07. The maximum absolute atomic E-state index is 10.7. The highest BCUT2D eigenvalue weighted by atomic mass is 16.5. The Hall–Kier alpha value is -1.97. The van der Waals surface area contributed by atoms with Crippen molar-refractivity contribution in [2.75, 3.05) is 7.11 Å². The zero-order valence-corrected chi connectivity index (χ0v) is 7.57. The van der Waals surface area contributed by atoms with Crippen LogP contribution < -0.4 is 4.74 Å². The number of aromatic nitrogens is 1. The summed E-state index contributed by atoms with van der Waals surface area (Å²) in [6, 6.07) is 4.87. The maximum atomic E-state index is 10.7. The second-order valence-corrected chi connectivity index (χ2v) is 2.92. The van der Waals surface area contributed by atoms with Gasteiger partial charge >= 0.3 is 5.97 Å². The molecule has 0 bridgehead atoms. The molecule has 14 heavy (non-hydrogen) atoms. The van der Waals surface area contributed by atoms with Crippen molar-refractivity contribution >= 4 is 16.9 Å². The fourth-order valence-electron chi connectivity index (χ4n) is 1.40. The quantitative estimate of drug-likeness (QED) is 0.761. The topological polar surface area (TPSA) is 62.3 Å². The number of carboxylic acid groups (broad SMARTS) is 1. The maximum Gasteiger partial charge on any atom is 0.335 e. The number of fused-ring (bicyclic) bond motifs is 1. The van der Waals surface area contributed by atoms with Crippen molar-refractivity contribution in [1.29, 1.82) is 0 Å². The van der Waals surface area contributed by atoms with E-state index in [0.29, 0.717) is 0 Å². The van der Waals surface area contributed by atoms with Crippen molar-refractivity contribution in [3.63, 3.8) is 0 Å². The minimum absolute atomic E-state index is 0.266. The molecule has 0 aliphatic rings. The lowest BCUT2D eigenvalue weighted by Crippen LogP contribution is -1.94. The molecule has 0 amide bonds. The molecule has 4 heteroatoms. The molecule has 0 aliphatic heterocycles. The Morgan fingerprint density at radius 1 is 1.50 bits per heavy atom. The molecule has 2 aromatic rings. The average molecular weight is 191 g/mol. The van der Waals surface area contributed by atoms with Crippen LogP contribution in [0.15, 0.2) is 24.4 Å². The lowest BCUT2D eigenvalue weighted by Gasteiger charge is -1.97. The standard InChI is InChI=1S/C10H9NO3/c1-14-9-5-11-8-4-6(10(12)13)2-3-7(8)9/h2-5,11H,1H3,(H,12,13). The Kier molecular flexibility index (Phi) is 1.89. The predicted molar refractivity (Wildman–Crippen MR) is 51.8 cm³/mol. The first-order valence-corrected chi connectivity index (χ1v) is 4.11. The highest BCUT2D eigenvalue weighted by molar-refractivity contribution is 5.95. The van der Waals surface area contributed by atoms with Crippen LogP contribution in [0.3, 0.4) is 0 Å². The van der Waals surface area contributed by atoms with Gasteiger partial charge in [-0.2, -0.15) is 0 Å². The zero-order valence-electron chi connectivity index (χ0n) is 7.57. The molecule has 0 saturated carbocycles. The number of carboxylic acids is 1. The monoisotopic (exact) mass is 191 g/mol. The van der Waals surface area contributed by atoms with Gasteiger partial charge in [-0.25, -0.2) is 4.79 Å². The summed E-state index contributed by atoms with van der Waals surface area (Å²) < 4.78 is 5.09. The molecule has 1 aromatic heterocycles. The SMILES string of the molecule is COc1c[nH]c2cc(C(=O)O)ccc12. The number of hydrogen-bond donors (Lipinski definition) is 2. The van der Waals surface area contributed by atoms with Crippen LogP contribution in [0.2, 0.25) is 0 Å². The summed E-state index contributed by atoms with van der Waals surface area (Å²) in [6.45, 7) is 0. The minimum atomic E-state index is -0.930. The Labute approximate surface area is 80.1 Å². The Balaban J connectivity index is 2.63. The van der Waals surface area contributed by atoms with Gasteiger partial charge in [0, 0.05) is 11.6 Å². The van der Waals surface area contributed by atoms with E-state index >= 15 is 0 Å². The van der Waals surface area contributed by atoms with Crippen LogP contribution in [0.5, 0.6) is 5.75 Å². The van der Waals surface area contributed by atoms with Gasteiger partial charge in [0.05, 0.1) is 18.2 Å². The van der Waals surface area contributed by atoms with E-state index in [2.05, 4.69) is 4.98 Å². The molecular formula is C10H9NO3. The van der Waals surface area contributed by atoms with Crippen LogP contribution in [-0.4, -0.2) is 23.2 Å². The van der Waals surface area contributed by atoms with E-state index in [0.717, 1.165) is 16.7 Å². The summed E-state index contributed by atoms with van der Waals surface area (Å²) in [5.74, 6) is -0.211. The Morgan fingerprint density at radius 3 is 2.93 bits per heavy atom. The Morgan fingerprint density at radius 2 is 2.29 bits per heavy atom. The number of rotatable bonds is 2. The largest absolute Gasteiger partial charge is 0.495 e. The van der Waals surface area contributed by atoms with E-state index in [-0.39, 0.29) is 5.56 Å². The lowest BCUT2D eigenvalue weighted by molar-refractivity contribution is 0.0697. The van der Waals surface area contributed by atoms with E-state index in [1.54, 1.807) is 31.5 Å². The molecule has 2 N–H and O–H groups in total. The smallest absolute Gasteiger partial charge is 0.335 e. The van der Waals surface area contributed by atoms with Gasteiger partial charge < -0.3 is 14.8 Å². The number of nitrogens with one attached hydrogen (secondary N) is 1. The molecule has 0 aliphatic carbocycles. The van der Waals surface area contributed by atoms with Gasteiger partial charge in [-0.15, -0.1) is 0 Å². The molecule has 1 aromatic carbocycles. The summed E-state index contributed by atoms with van der Waals surface area (Å²) in [6.07, 6.45) is 1.70. The molecule has 0 radical (unpaired) electrons. The van der Waals surface area contributed by atoms with E-state index in [1.807, 2.05) is 0 Å². The van der Waals surface area contributed by atoms with Crippen LogP contribution in [0, 0.1) is 0 Å². The Bertz CT molecular complexity index is 487. The molecular weight excluding hydrogens is 182 g/mol. The van der Waals surface area contributed by atoms with Crippen molar-refractivity contribution in [2.24, 2.45) is 0 Å². The van der Waals surface area contributed by atoms with Gasteiger partial charge in [-0.3, -0.25) is 0 Å². The normalized spacial score (nSPS) is 10.4. The van der Waals surface area contributed by atoms with E-state index in [1.165, 1.54) is 0 Å². The third-order valence-corrected chi connectivity index (χ3v) is 2.11. The third kappa shape index (κ3) is 1.21. The van der Waals surface area contributed by atoms with Gasteiger partial charge in [0.15, 0.2) is 0 Å². The number of carbonyl (C=O) groups is 1. The molecule has 0 unspecified atom stereocenters. The fourth-order valence-corrected chi connectivity index (χ4v) is 1.40. The summed E-state index contributed by atoms with van der Waals surface area (Å²) in [5, 5.41) is 9.65. The summed E-state index contributed by atoms with van der Waals surface area (Å²) in [4.78, 5) is 13.6. The van der Waals surface area contributed by atoms with Crippen LogP contribution >= 0.6 is 0 Å². The van der Waals surface area contributed by atoms with Crippen LogP contribution in [0.4, 0.5) is 0 Å². The summed E-state index contributed by atoms with van der Waals surface area (Å²) in [5.41, 5.74) is 1.03. The van der Waals surface area contributed by atoms with Crippen molar-refractivity contribution in [3.05, 3.63) is 30.0 Å². The number of aromatic amines is 1. The number of hydrogen-bond acceptors (Lipinski definition) is 2. The van der Waals surface area contributed by atoms with Gasteiger partial charge in [-0.1, -0.05) is 0 Å². The number of benzene rings is 1. The number of ether oxygens (including phenoxy) is 1. The van der Waals surface area contributed by atoms with Crippen molar-refractivity contribution in [3.8, 4) is 5.75 Å². The first kappa shape index (κ1) is 8.62. The molecule has 4 nitrogen and oxygen atoms in total. The number of methoxy groups -OCH3 is 1. The number of H-pyrrole nitrogens is 1. The van der Waals surface area contributed by atoms with E-state index in [4.69, 9.17) is 9.84 Å². The predicted octanol–water partition coefficient (Wildman–Crippen LogP) is 1.87. The first-order chi connectivity index (χ1) is 6.72. The zero-order chi connectivity index (χ0) is 10.1. The minimum Gasteiger partial charge on any atom is -0.495 e. The molecule has 1 heterocycles. The average Bonchev–Trinajstić information content (AvgIpc) is 2.59. The lowest BCUT2D eigenvalue weighted by atomic mass is 10.1. The molecule has 0 fully saturated rings. The van der Waals surface area contributed by atoms with Crippen LogP contribution in [-0.2, 0) is 0 Å². The van der Waals surface area contributed by atoms with Crippen LogP contribution in [0.1, 0.15) is 10.4 Å². The van der Waals surface area contributed by atoms with Gasteiger partial charge in [0.2, 0.25) is 0 Å². The number of aromatic carboxylic acids is 1. The van der Waals surface area contributed by atoms with E-state index < -0.39 is 5.97 Å². The summed E-state index contributed by atoms with van der Waals surface area (Å²) >= 11 is 0.